The number of carbonyl (C=O) groups is 1. The molecule has 1 heterocycles. The average molecular weight is 400 g/mol. The number of nitrogens with zero attached hydrogens (tertiary/aromatic N) is 1. The summed E-state index contributed by atoms with van der Waals surface area (Å²) in [5.41, 5.74) is 5.26. The van der Waals surface area contributed by atoms with Crippen LogP contribution in [-0.2, 0) is 4.74 Å². The minimum Gasteiger partial charge on any atom is -0.453 e. The van der Waals surface area contributed by atoms with Crippen molar-refractivity contribution < 1.29 is 9.53 Å². The van der Waals surface area contributed by atoms with E-state index in [4.69, 9.17) is 4.74 Å². The summed E-state index contributed by atoms with van der Waals surface area (Å²) in [5, 5.41) is 0.981. The van der Waals surface area contributed by atoms with Gasteiger partial charge in [0.2, 0.25) is 0 Å². The molecule has 0 bridgehead atoms. The molecular formula is C21H22BrNO2. The van der Waals surface area contributed by atoms with E-state index in [0.717, 1.165) is 24.7 Å². The minimum absolute atomic E-state index is 0.133. The van der Waals surface area contributed by atoms with Gasteiger partial charge < -0.3 is 9.64 Å². The van der Waals surface area contributed by atoms with Crippen molar-refractivity contribution in [2.75, 3.05) is 19.0 Å². The SMILES string of the molecule is COC(=O)N1CCC(CBr)CC1C1c2ccccc2-c2ccccc21. The molecule has 0 aromatic heterocycles. The molecule has 2 aromatic carbocycles. The Morgan fingerprint density at radius 2 is 1.72 bits per heavy atom. The summed E-state index contributed by atoms with van der Waals surface area (Å²) >= 11 is 3.65. The van der Waals surface area contributed by atoms with Crippen molar-refractivity contribution in [2.45, 2.75) is 24.8 Å². The fraction of sp³-hybridized carbons (Fsp3) is 0.381. The predicted octanol–water partition coefficient (Wildman–Crippen LogP) is 5.04. The monoisotopic (exact) mass is 399 g/mol. The van der Waals surface area contributed by atoms with Crippen LogP contribution in [0, 0.1) is 5.92 Å². The summed E-state index contributed by atoms with van der Waals surface area (Å²) in [4.78, 5) is 14.4. The molecule has 1 amide bonds. The van der Waals surface area contributed by atoms with Gasteiger partial charge in [-0.2, -0.15) is 0 Å². The second kappa shape index (κ2) is 6.83. The van der Waals surface area contributed by atoms with Gasteiger partial charge in [-0.1, -0.05) is 64.5 Å². The lowest BCUT2D eigenvalue weighted by Crippen LogP contribution is -2.49. The number of methoxy groups -OCH3 is 1. The van der Waals surface area contributed by atoms with Gasteiger partial charge in [-0.15, -0.1) is 0 Å². The Labute approximate surface area is 157 Å². The molecule has 25 heavy (non-hydrogen) atoms. The molecule has 1 aliphatic heterocycles. The van der Waals surface area contributed by atoms with Crippen molar-refractivity contribution in [1.29, 1.82) is 0 Å². The second-order valence-corrected chi connectivity index (χ2v) is 7.58. The van der Waals surface area contributed by atoms with Crippen LogP contribution in [0.4, 0.5) is 4.79 Å². The normalized spacial score (nSPS) is 22.4. The predicted molar refractivity (Wildman–Crippen MR) is 103 cm³/mol. The molecule has 130 valence electrons. The number of fused-ring (bicyclic) bond motifs is 3. The van der Waals surface area contributed by atoms with E-state index in [0.29, 0.717) is 5.92 Å². The second-order valence-electron chi connectivity index (χ2n) is 6.93. The van der Waals surface area contributed by atoms with Gasteiger partial charge in [0, 0.05) is 23.8 Å². The zero-order valence-electron chi connectivity index (χ0n) is 14.3. The number of rotatable bonds is 2. The van der Waals surface area contributed by atoms with Crippen molar-refractivity contribution in [1.82, 2.24) is 4.90 Å². The smallest absolute Gasteiger partial charge is 0.409 e. The molecule has 4 heteroatoms. The molecule has 1 fully saturated rings. The van der Waals surface area contributed by atoms with Crippen LogP contribution >= 0.6 is 15.9 Å². The number of halogens is 1. The van der Waals surface area contributed by atoms with Gasteiger partial charge >= 0.3 is 6.09 Å². The molecule has 0 spiro atoms. The van der Waals surface area contributed by atoms with Gasteiger partial charge in [-0.05, 0) is 41.0 Å². The quantitative estimate of drug-likeness (QED) is 0.661. The Bertz CT molecular complexity index is 745. The number of hydrogen-bond donors (Lipinski definition) is 0. The Hall–Kier alpha value is -1.81. The molecule has 1 aliphatic carbocycles. The summed E-state index contributed by atoms with van der Waals surface area (Å²) in [5.74, 6) is 0.805. The molecular weight excluding hydrogens is 378 g/mol. The van der Waals surface area contributed by atoms with Crippen molar-refractivity contribution in [3.8, 4) is 11.1 Å². The fourth-order valence-corrected chi connectivity index (χ4v) is 5.07. The van der Waals surface area contributed by atoms with Gasteiger partial charge in [0.1, 0.15) is 0 Å². The molecule has 4 rings (SSSR count). The molecule has 2 aliphatic rings. The van der Waals surface area contributed by atoms with E-state index in [1.165, 1.54) is 29.4 Å². The lowest BCUT2D eigenvalue weighted by atomic mass is 9.80. The van der Waals surface area contributed by atoms with Crippen molar-refractivity contribution >= 4 is 22.0 Å². The molecule has 2 unspecified atom stereocenters. The number of likely N-dealkylation sites (tertiary alicyclic amines) is 1. The number of piperidine rings is 1. The Morgan fingerprint density at radius 1 is 1.12 bits per heavy atom. The Kier molecular flexibility index (Phi) is 4.55. The lowest BCUT2D eigenvalue weighted by Gasteiger charge is -2.41. The number of alkyl halides is 1. The highest BCUT2D eigenvalue weighted by atomic mass is 79.9. The van der Waals surface area contributed by atoms with Crippen LogP contribution in [-0.4, -0.2) is 36.0 Å². The lowest BCUT2D eigenvalue weighted by molar-refractivity contribution is 0.0738. The first-order chi connectivity index (χ1) is 12.2. The fourth-order valence-electron chi connectivity index (χ4n) is 4.48. The number of ether oxygens (including phenoxy) is 1. The minimum atomic E-state index is -0.208. The van der Waals surface area contributed by atoms with Crippen molar-refractivity contribution in [2.24, 2.45) is 5.92 Å². The summed E-state index contributed by atoms with van der Waals surface area (Å²) in [6, 6.07) is 17.4. The van der Waals surface area contributed by atoms with Crippen LogP contribution in [0.5, 0.6) is 0 Å². The van der Waals surface area contributed by atoms with Gasteiger partial charge in [-0.3, -0.25) is 0 Å². The number of carbonyl (C=O) groups excluding carboxylic acids is 1. The van der Waals surface area contributed by atoms with Crippen molar-refractivity contribution in [3.05, 3.63) is 59.7 Å². The molecule has 1 saturated heterocycles. The van der Waals surface area contributed by atoms with E-state index >= 15 is 0 Å². The molecule has 0 saturated carbocycles. The van der Waals surface area contributed by atoms with E-state index in [2.05, 4.69) is 64.5 Å². The van der Waals surface area contributed by atoms with Crippen molar-refractivity contribution in [3.63, 3.8) is 0 Å². The molecule has 2 atom stereocenters. The maximum Gasteiger partial charge on any atom is 0.409 e. The molecule has 0 radical (unpaired) electrons. The Balaban J connectivity index is 1.81. The maximum absolute atomic E-state index is 12.4. The third-order valence-corrected chi connectivity index (χ3v) is 6.56. The third-order valence-electron chi connectivity index (χ3n) is 5.65. The first-order valence-corrected chi connectivity index (χ1v) is 9.95. The zero-order valence-corrected chi connectivity index (χ0v) is 15.9. The first kappa shape index (κ1) is 16.6. The molecule has 3 nitrogen and oxygen atoms in total. The maximum atomic E-state index is 12.4. The van der Waals surface area contributed by atoms with E-state index in [-0.39, 0.29) is 18.1 Å². The van der Waals surface area contributed by atoms with Crippen LogP contribution in [0.25, 0.3) is 11.1 Å². The standard InChI is InChI=1S/C21H22BrNO2/c1-25-21(24)23-11-10-14(13-22)12-19(23)20-17-8-4-2-6-15(17)16-7-3-5-9-18(16)20/h2-9,14,19-20H,10-13H2,1H3. The van der Waals surface area contributed by atoms with Crippen LogP contribution in [0.15, 0.2) is 48.5 Å². The van der Waals surface area contributed by atoms with Crippen LogP contribution in [0.1, 0.15) is 29.9 Å². The highest BCUT2D eigenvalue weighted by Crippen LogP contribution is 2.49. The van der Waals surface area contributed by atoms with Gasteiger partial charge in [0.25, 0.3) is 0 Å². The van der Waals surface area contributed by atoms with Crippen LogP contribution < -0.4 is 0 Å². The largest absolute Gasteiger partial charge is 0.453 e. The average Bonchev–Trinajstić information content (AvgIpc) is 3.01. The molecule has 0 N–H and O–H groups in total. The summed E-state index contributed by atoms with van der Waals surface area (Å²) in [6.07, 6.45) is 1.81. The summed E-state index contributed by atoms with van der Waals surface area (Å²) in [7, 11) is 1.48. The number of hydrogen-bond acceptors (Lipinski definition) is 2. The highest BCUT2D eigenvalue weighted by Gasteiger charge is 2.42. The highest BCUT2D eigenvalue weighted by molar-refractivity contribution is 9.09. The zero-order chi connectivity index (χ0) is 17.4. The third kappa shape index (κ3) is 2.77. The van der Waals surface area contributed by atoms with E-state index in [1.54, 1.807) is 0 Å². The van der Waals surface area contributed by atoms with E-state index < -0.39 is 0 Å². The summed E-state index contributed by atoms with van der Waals surface area (Å²) in [6.45, 7) is 0.758. The van der Waals surface area contributed by atoms with Gasteiger partial charge in [0.15, 0.2) is 0 Å². The van der Waals surface area contributed by atoms with E-state index in [9.17, 15) is 4.79 Å². The summed E-state index contributed by atoms with van der Waals surface area (Å²) < 4.78 is 5.10. The topological polar surface area (TPSA) is 29.5 Å². The number of amides is 1. The van der Waals surface area contributed by atoms with Gasteiger partial charge in [0.05, 0.1) is 7.11 Å². The number of benzene rings is 2. The molecule has 2 aromatic rings. The van der Waals surface area contributed by atoms with Crippen LogP contribution in [0.2, 0.25) is 0 Å². The van der Waals surface area contributed by atoms with E-state index in [1.807, 2.05) is 4.90 Å². The first-order valence-electron chi connectivity index (χ1n) is 8.83. The Morgan fingerprint density at radius 3 is 2.28 bits per heavy atom. The van der Waals surface area contributed by atoms with Gasteiger partial charge in [-0.25, -0.2) is 4.79 Å². The van der Waals surface area contributed by atoms with Crippen LogP contribution in [0.3, 0.4) is 0 Å².